The molecule has 0 bridgehead atoms. The summed E-state index contributed by atoms with van der Waals surface area (Å²) in [6, 6.07) is 14.9. The second kappa shape index (κ2) is 12.0. The van der Waals surface area contributed by atoms with Crippen molar-refractivity contribution in [3.63, 3.8) is 0 Å². The van der Waals surface area contributed by atoms with Crippen LogP contribution in [-0.4, -0.2) is 32.3 Å². The molecule has 0 radical (unpaired) electrons. The average Bonchev–Trinajstić information content (AvgIpc) is 3.19. The molecule has 2 aromatic carbocycles. The second-order valence-electron chi connectivity index (χ2n) is 7.02. The minimum atomic E-state index is -0.283. The molecule has 0 aliphatic rings. The number of anilines is 1. The van der Waals surface area contributed by atoms with E-state index in [1.54, 1.807) is 18.2 Å². The van der Waals surface area contributed by atoms with Gasteiger partial charge >= 0.3 is 0 Å². The summed E-state index contributed by atoms with van der Waals surface area (Å²) >= 11 is 7.37. The lowest BCUT2D eigenvalue weighted by Gasteiger charge is -2.09. The third-order valence-electron chi connectivity index (χ3n) is 4.60. The van der Waals surface area contributed by atoms with Crippen molar-refractivity contribution in [1.82, 2.24) is 20.1 Å². The topological polar surface area (TPSA) is 88.9 Å². The Hall–Kier alpha value is -3.36. The molecule has 0 saturated carbocycles. The zero-order chi connectivity index (χ0) is 23.6. The SMILES string of the molecule is C=CCn1c(CNC(=O)C=Cc2ccccc2Cl)nnc1SCC(=O)Nc1ccccc1C. The van der Waals surface area contributed by atoms with Gasteiger partial charge in [0.15, 0.2) is 11.0 Å². The third-order valence-corrected chi connectivity index (χ3v) is 5.91. The number of allylic oxidation sites excluding steroid dienone is 1. The Morgan fingerprint density at radius 3 is 2.67 bits per heavy atom. The van der Waals surface area contributed by atoms with E-state index < -0.39 is 0 Å². The summed E-state index contributed by atoms with van der Waals surface area (Å²) in [5, 5.41) is 15.2. The molecule has 0 aliphatic carbocycles. The molecule has 0 atom stereocenters. The number of rotatable bonds is 10. The van der Waals surface area contributed by atoms with Crippen LogP contribution in [-0.2, 0) is 22.7 Å². The molecule has 2 amide bonds. The van der Waals surface area contributed by atoms with Gasteiger partial charge in [0.1, 0.15) is 0 Å². The number of thioether (sulfide) groups is 1. The van der Waals surface area contributed by atoms with Gasteiger partial charge in [-0.2, -0.15) is 0 Å². The highest BCUT2D eigenvalue weighted by molar-refractivity contribution is 7.99. The number of amides is 2. The number of nitrogens with one attached hydrogen (secondary N) is 2. The maximum atomic E-state index is 12.4. The van der Waals surface area contributed by atoms with Crippen LogP contribution in [0.4, 0.5) is 5.69 Å². The number of nitrogens with zero attached hydrogens (tertiary/aromatic N) is 3. The highest BCUT2D eigenvalue weighted by Crippen LogP contribution is 2.19. The molecule has 3 aromatic rings. The second-order valence-corrected chi connectivity index (χ2v) is 8.37. The van der Waals surface area contributed by atoms with Crippen LogP contribution in [0.3, 0.4) is 0 Å². The number of carbonyl (C=O) groups excluding carboxylic acids is 2. The van der Waals surface area contributed by atoms with E-state index in [0.29, 0.717) is 22.5 Å². The summed E-state index contributed by atoms with van der Waals surface area (Å²) in [6.45, 7) is 6.34. The van der Waals surface area contributed by atoms with Crippen LogP contribution in [0.5, 0.6) is 0 Å². The summed E-state index contributed by atoms with van der Waals surface area (Å²) in [6.07, 6.45) is 4.78. The summed E-state index contributed by atoms with van der Waals surface area (Å²) < 4.78 is 1.82. The van der Waals surface area contributed by atoms with Gasteiger partial charge in [-0.15, -0.1) is 16.8 Å². The Morgan fingerprint density at radius 2 is 1.91 bits per heavy atom. The van der Waals surface area contributed by atoms with E-state index in [9.17, 15) is 9.59 Å². The number of halogens is 1. The summed E-state index contributed by atoms with van der Waals surface area (Å²) in [7, 11) is 0. The van der Waals surface area contributed by atoms with Crippen LogP contribution >= 0.6 is 23.4 Å². The number of hydrogen-bond acceptors (Lipinski definition) is 5. The van der Waals surface area contributed by atoms with Crippen molar-refractivity contribution in [1.29, 1.82) is 0 Å². The highest BCUT2D eigenvalue weighted by atomic mass is 35.5. The highest BCUT2D eigenvalue weighted by Gasteiger charge is 2.14. The standard InChI is InChI=1S/C24H24ClN5O2S/c1-3-14-30-21(15-26-22(31)13-12-18-9-5-6-10-19(18)25)28-29-24(30)33-16-23(32)27-20-11-7-4-8-17(20)2/h3-13H,1,14-16H2,2H3,(H,26,31)(H,27,32). The molecule has 0 unspecified atom stereocenters. The van der Waals surface area contributed by atoms with E-state index >= 15 is 0 Å². The molecule has 9 heteroatoms. The summed E-state index contributed by atoms with van der Waals surface area (Å²) in [5.41, 5.74) is 2.53. The van der Waals surface area contributed by atoms with Gasteiger partial charge in [0.25, 0.3) is 0 Å². The Morgan fingerprint density at radius 1 is 1.15 bits per heavy atom. The molecule has 1 heterocycles. The smallest absolute Gasteiger partial charge is 0.244 e. The fraction of sp³-hybridized carbons (Fsp3) is 0.167. The lowest BCUT2D eigenvalue weighted by molar-refractivity contribution is -0.116. The molecule has 0 fully saturated rings. The fourth-order valence-electron chi connectivity index (χ4n) is 2.90. The zero-order valence-electron chi connectivity index (χ0n) is 18.1. The number of hydrogen-bond donors (Lipinski definition) is 2. The van der Waals surface area contributed by atoms with Gasteiger partial charge in [0.05, 0.1) is 12.3 Å². The molecule has 7 nitrogen and oxygen atoms in total. The monoisotopic (exact) mass is 481 g/mol. The molecule has 33 heavy (non-hydrogen) atoms. The molecule has 170 valence electrons. The predicted molar refractivity (Wildman–Crippen MR) is 133 cm³/mol. The van der Waals surface area contributed by atoms with E-state index in [-0.39, 0.29) is 24.1 Å². The molecule has 0 saturated heterocycles. The molecule has 0 aliphatic heterocycles. The average molecular weight is 482 g/mol. The summed E-state index contributed by atoms with van der Waals surface area (Å²) in [5.74, 6) is 0.324. The van der Waals surface area contributed by atoms with Crippen LogP contribution in [0.2, 0.25) is 5.02 Å². The Balaban J connectivity index is 1.58. The van der Waals surface area contributed by atoms with Gasteiger partial charge in [0, 0.05) is 23.3 Å². The maximum Gasteiger partial charge on any atom is 0.244 e. The first-order valence-electron chi connectivity index (χ1n) is 10.2. The van der Waals surface area contributed by atoms with Gasteiger partial charge < -0.3 is 15.2 Å². The van der Waals surface area contributed by atoms with E-state index in [0.717, 1.165) is 16.8 Å². The molecule has 2 N–H and O–H groups in total. The first kappa shape index (κ1) is 24.3. The van der Waals surface area contributed by atoms with E-state index in [1.807, 2.05) is 54.0 Å². The molecule has 1 aromatic heterocycles. The van der Waals surface area contributed by atoms with Crippen molar-refractivity contribution < 1.29 is 9.59 Å². The predicted octanol–water partition coefficient (Wildman–Crippen LogP) is 4.49. The van der Waals surface area contributed by atoms with Crippen LogP contribution in [0.15, 0.2) is 72.4 Å². The van der Waals surface area contributed by atoms with Crippen molar-refractivity contribution >= 4 is 46.9 Å². The minimum Gasteiger partial charge on any atom is -0.345 e. The molecular formula is C24H24ClN5O2S. The largest absolute Gasteiger partial charge is 0.345 e. The number of aromatic nitrogens is 3. The van der Waals surface area contributed by atoms with E-state index in [2.05, 4.69) is 27.4 Å². The normalized spacial score (nSPS) is 10.8. The number of benzene rings is 2. The Bertz CT molecular complexity index is 1180. The van der Waals surface area contributed by atoms with Crippen LogP contribution in [0.1, 0.15) is 17.0 Å². The van der Waals surface area contributed by atoms with E-state index in [4.69, 9.17) is 11.6 Å². The van der Waals surface area contributed by atoms with Crippen LogP contribution < -0.4 is 10.6 Å². The quantitative estimate of drug-likeness (QED) is 0.253. The van der Waals surface area contributed by atoms with E-state index in [1.165, 1.54) is 17.8 Å². The van der Waals surface area contributed by atoms with Crippen LogP contribution in [0, 0.1) is 6.92 Å². The lowest BCUT2D eigenvalue weighted by Crippen LogP contribution is -2.23. The first-order chi connectivity index (χ1) is 16.0. The third kappa shape index (κ3) is 7.06. The van der Waals surface area contributed by atoms with Gasteiger partial charge in [-0.1, -0.05) is 65.8 Å². The first-order valence-corrected chi connectivity index (χ1v) is 11.6. The number of aryl methyl sites for hydroxylation is 1. The van der Waals surface area contributed by atoms with Gasteiger partial charge in [-0.25, -0.2) is 0 Å². The van der Waals surface area contributed by atoms with Crippen LogP contribution in [0.25, 0.3) is 6.08 Å². The lowest BCUT2D eigenvalue weighted by atomic mass is 10.2. The number of carbonyl (C=O) groups is 2. The van der Waals surface area contributed by atoms with Crippen molar-refractivity contribution in [2.75, 3.05) is 11.1 Å². The van der Waals surface area contributed by atoms with Gasteiger partial charge in [-0.05, 0) is 36.3 Å². The fourth-order valence-corrected chi connectivity index (χ4v) is 3.86. The zero-order valence-corrected chi connectivity index (χ0v) is 19.7. The Labute approximate surface area is 201 Å². The summed E-state index contributed by atoms with van der Waals surface area (Å²) in [4.78, 5) is 24.6. The Kier molecular flexibility index (Phi) is 8.86. The number of para-hydroxylation sites is 1. The molecule has 0 spiro atoms. The minimum absolute atomic E-state index is 0.137. The van der Waals surface area contributed by atoms with Crippen molar-refractivity contribution in [2.45, 2.75) is 25.2 Å². The van der Waals surface area contributed by atoms with Crippen molar-refractivity contribution in [3.8, 4) is 0 Å². The van der Waals surface area contributed by atoms with Crippen molar-refractivity contribution in [3.05, 3.63) is 89.2 Å². The van der Waals surface area contributed by atoms with Crippen molar-refractivity contribution in [2.24, 2.45) is 0 Å². The van der Waals surface area contributed by atoms with Gasteiger partial charge in [0.2, 0.25) is 11.8 Å². The van der Waals surface area contributed by atoms with Gasteiger partial charge in [-0.3, -0.25) is 9.59 Å². The molecule has 3 rings (SSSR count). The maximum absolute atomic E-state index is 12.4. The molecular weight excluding hydrogens is 458 g/mol.